The van der Waals surface area contributed by atoms with E-state index < -0.39 is 69.8 Å². The summed E-state index contributed by atoms with van der Waals surface area (Å²) >= 11 is 0. The maximum absolute atomic E-state index is 14.1. The minimum atomic E-state index is -1.22. The van der Waals surface area contributed by atoms with Crippen molar-refractivity contribution in [2.24, 2.45) is 33.8 Å². The molecule has 2 aromatic rings. The Hall–Kier alpha value is -6.66. The van der Waals surface area contributed by atoms with Crippen LogP contribution in [-0.4, -0.2) is 119 Å². The number of imide groups is 2. The van der Waals surface area contributed by atoms with Crippen LogP contribution in [0, 0.1) is 28.1 Å². The zero-order chi connectivity index (χ0) is 52.1. The fourth-order valence-corrected chi connectivity index (χ4v) is 8.03. The van der Waals surface area contributed by atoms with Gasteiger partial charge >= 0.3 is 12.0 Å². The lowest BCUT2D eigenvalue weighted by Crippen LogP contribution is -2.53. The van der Waals surface area contributed by atoms with Crippen LogP contribution in [-0.2, 0) is 60.9 Å². The largest absolute Gasteiger partial charge is 0.460 e. The van der Waals surface area contributed by atoms with E-state index in [0.717, 1.165) is 9.80 Å². The molecule has 19 heteroatoms. The first-order valence-corrected chi connectivity index (χ1v) is 23.9. The van der Waals surface area contributed by atoms with Crippen molar-refractivity contribution in [2.45, 2.75) is 126 Å². The van der Waals surface area contributed by atoms with E-state index in [1.54, 1.807) is 75.4 Å². The number of likely N-dealkylation sites (tertiary alicyclic amines) is 2. The van der Waals surface area contributed by atoms with Crippen LogP contribution < -0.4 is 27.0 Å². The van der Waals surface area contributed by atoms with Gasteiger partial charge in [-0.25, -0.2) is 4.79 Å². The summed E-state index contributed by atoms with van der Waals surface area (Å²) in [6.45, 7) is 16.1. The van der Waals surface area contributed by atoms with Crippen LogP contribution in [0.2, 0.25) is 0 Å². The maximum atomic E-state index is 14.1. The van der Waals surface area contributed by atoms with Gasteiger partial charge in [0.15, 0.2) is 0 Å². The van der Waals surface area contributed by atoms with E-state index in [4.69, 9.17) is 10.5 Å². The number of esters is 1. The molecule has 2 fully saturated rings. The molecule has 2 aromatic carbocycles. The Labute approximate surface area is 410 Å². The molecule has 4 atom stereocenters. The van der Waals surface area contributed by atoms with Crippen molar-refractivity contribution >= 4 is 64.9 Å². The molecule has 70 heavy (non-hydrogen) atoms. The lowest BCUT2D eigenvalue weighted by atomic mass is 9.80. The van der Waals surface area contributed by atoms with Crippen molar-refractivity contribution in [2.75, 3.05) is 38.0 Å². The Morgan fingerprint density at radius 3 is 1.73 bits per heavy atom. The number of carbonyl (C=O) groups is 10. The summed E-state index contributed by atoms with van der Waals surface area (Å²) < 4.78 is 5.38. The predicted molar refractivity (Wildman–Crippen MR) is 260 cm³/mol. The molecule has 4 rings (SSSR count). The number of hydrogen-bond acceptors (Lipinski definition) is 11. The molecular weight excluding hydrogens is 901 g/mol. The Morgan fingerprint density at radius 2 is 1.24 bits per heavy atom. The molecule has 0 aliphatic carbocycles. The molecule has 19 nitrogen and oxygen atoms in total. The van der Waals surface area contributed by atoms with E-state index in [2.05, 4.69) is 21.3 Å². The summed E-state index contributed by atoms with van der Waals surface area (Å²) in [6, 6.07) is 12.3. The molecule has 382 valence electrons. The third-order valence-electron chi connectivity index (χ3n) is 12.4. The number of nitrogens with zero attached hydrogens (tertiary/aromatic N) is 3. The molecule has 0 bridgehead atoms. The SMILES string of the molecule is CC(C)(C)C(=O)OCc1ccc(NC(=O)[C@H](CCCNC(N)=O)NC(=O)[C@@H](Cc2ccccc2)NC(=O)CCC(=O)N(CCN2C(=O)CC(C(C)(C)C)C2=O)CCN2C(=O)CC(C(C)(C)C)C2=O)cc1. The van der Waals surface area contributed by atoms with Crippen molar-refractivity contribution in [3.63, 3.8) is 0 Å². The van der Waals surface area contributed by atoms with Crippen molar-refractivity contribution in [1.29, 1.82) is 0 Å². The summed E-state index contributed by atoms with van der Waals surface area (Å²) in [6.07, 6.45) is -0.371. The van der Waals surface area contributed by atoms with Crippen LogP contribution in [0.4, 0.5) is 10.5 Å². The zero-order valence-corrected chi connectivity index (χ0v) is 42.1. The first-order chi connectivity index (χ1) is 32.6. The van der Waals surface area contributed by atoms with Gasteiger partial charge in [-0.2, -0.15) is 0 Å². The first-order valence-electron chi connectivity index (χ1n) is 23.9. The van der Waals surface area contributed by atoms with E-state index in [0.29, 0.717) is 16.8 Å². The van der Waals surface area contributed by atoms with Gasteiger partial charge in [0.1, 0.15) is 18.7 Å². The average molecular weight is 973 g/mol. The number of nitrogens with two attached hydrogens (primary N) is 1. The van der Waals surface area contributed by atoms with Gasteiger partial charge in [0.05, 0.1) is 17.3 Å². The number of amides is 10. The minimum absolute atomic E-state index is 0.0121. The molecule has 0 radical (unpaired) electrons. The summed E-state index contributed by atoms with van der Waals surface area (Å²) in [5.41, 5.74) is 5.36. The number of carbonyl (C=O) groups excluding carboxylic acids is 10. The lowest BCUT2D eigenvalue weighted by Gasteiger charge is -2.29. The number of anilines is 1. The van der Waals surface area contributed by atoms with Crippen molar-refractivity contribution in [3.8, 4) is 0 Å². The van der Waals surface area contributed by atoms with Crippen LogP contribution in [0.5, 0.6) is 0 Å². The van der Waals surface area contributed by atoms with Gasteiger partial charge in [-0.05, 0) is 67.7 Å². The van der Waals surface area contributed by atoms with Gasteiger partial charge in [0, 0.05) is 70.5 Å². The second-order valence-electron chi connectivity index (χ2n) is 21.2. The second-order valence-corrected chi connectivity index (χ2v) is 21.2. The number of benzene rings is 2. The number of hydrogen-bond donors (Lipinski definition) is 5. The van der Waals surface area contributed by atoms with Crippen LogP contribution in [0.15, 0.2) is 54.6 Å². The summed E-state index contributed by atoms with van der Waals surface area (Å²) in [5, 5.41) is 10.7. The fraction of sp³-hybridized carbons (Fsp3) is 0.569. The van der Waals surface area contributed by atoms with Crippen LogP contribution in [0.1, 0.15) is 112 Å². The molecule has 2 unspecified atom stereocenters. The second kappa shape index (κ2) is 24.3. The third-order valence-corrected chi connectivity index (χ3v) is 12.4. The number of ether oxygens (including phenoxy) is 1. The number of nitrogens with one attached hydrogen (secondary N) is 4. The Balaban J connectivity index is 1.48. The van der Waals surface area contributed by atoms with E-state index in [1.807, 2.05) is 41.5 Å². The van der Waals surface area contributed by atoms with E-state index in [-0.39, 0.29) is 114 Å². The van der Waals surface area contributed by atoms with E-state index in [1.165, 1.54) is 4.90 Å². The molecule has 2 heterocycles. The molecule has 2 saturated heterocycles. The predicted octanol–water partition coefficient (Wildman–Crippen LogP) is 3.83. The molecule has 0 aromatic heterocycles. The van der Waals surface area contributed by atoms with Gasteiger partial charge in [-0.3, -0.25) is 53.0 Å². The Bertz CT molecular complexity index is 2190. The monoisotopic (exact) mass is 973 g/mol. The third kappa shape index (κ3) is 16.5. The van der Waals surface area contributed by atoms with Gasteiger partial charge in [-0.15, -0.1) is 0 Å². The van der Waals surface area contributed by atoms with Crippen molar-refractivity contribution < 1.29 is 52.7 Å². The molecule has 2 aliphatic heterocycles. The molecule has 0 spiro atoms. The van der Waals surface area contributed by atoms with E-state index in [9.17, 15) is 47.9 Å². The van der Waals surface area contributed by atoms with Crippen molar-refractivity contribution in [3.05, 3.63) is 65.7 Å². The van der Waals surface area contributed by atoms with Gasteiger partial charge in [-0.1, -0.05) is 84.0 Å². The number of urea groups is 1. The summed E-state index contributed by atoms with van der Waals surface area (Å²) in [5.74, 6) is -5.39. The Kier molecular flexibility index (Phi) is 19.4. The normalized spacial score (nSPS) is 17.2. The molecule has 2 aliphatic rings. The molecule has 10 amide bonds. The van der Waals surface area contributed by atoms with Crippen LogP contribution in [0.25, 0.3) is 0 Å². The number of rotatable bonds is 22. The highest BCUT2D eigenvalue weighted by atomic mass is 16.5. The van der Waals surface area contributed by atoms with Crippen molar-refractivity contribution in [1.82, 2.24) is 30.7 Å². The highest BCUT2D eigenvalue weighted by Crippen LogP contribution is 2.36. The highest BCUT2D eigenvalue weighted by Gasteiger charge is 2.46. The van der Waals surface area contributed by atoms with Gasteiger partial charge in [0.25, 0.3) is 0 Å². The van der Waals surface area contributed by atoms with Gasteiger partial charge in [0.2, 0.25) is 47.3 Å². The highest BCUT2D eigenvalue weighted by molar-refractivity contribution is 6.05. The quantitative estimate of drug-likeness (QED) is 0.0643. The number of primary amides is 1. The molecule has 6 N–H and O–H groups in total. The average Bonchev–Trinajstić information content (AvgIpc) is 3.74. The van der Waals surface area contributed by atoms with E-state index >= 15 is 0 Å². The smallest absolute Gasteiger partial charge is 0.312 e. The Morgan fingerprint density at radius 1 is 0.700 bits per heavy atom. The minimum Gasteiger partial charge on any atom is -0.460 e. The fourth-order valence-electron chi connectivity index (χ4n) is 8.03. The molecule has 0 saturated carbocycles. The maximum Gasteiger partial charge on any atom is 0.312 e. The topological polar surface area (TPSA) is 264 Å². The first kappa shape index (κ1) is 55.9. The van der Waals surface area contributed by atoms with Gasteiger partial charge < -0.3 is 36.6 Å². The summed E-state index contributed by atoms with van der Waals surface area (Å²) in [4.78, 5) is 136. The lowest BCUT2D eigenvalue weighted by molar-refractivity contribution is -0.154. The standard InChI is InChI=1S/C51H72N8O11/c1-49(2,3)35-29-41(62)58(45(35)66)26-24-57(25-27-59-42(63)30-36(46(59)67)50(4,5)6)40(61)22-21-39(60)55-38(28-32-14-11-10-12-15-32)44(65)56-37(16-13-23-53-48(52)69)43(64)54-34-19-17-33(18-20-34)31-70-47(68)51(7,8)9/h10-12,14-15,17-20,35-38H,13,16,21-31H2,1-9H3,(H,54,64)(H,55,60)(H,56,65)(H3,52,53,69)/t35?,36?,37-,38+/m0/s1. The zero-order valence-electron chi connectivity index (χ0n) is 42.1. The van der Waals surface area contributed by atoms with Crippen LogP contribution in [0.3, 0.4) is 0 Å². The summed E-state index contributed by atoms with van der Waals surface area (Å²) in [7, 11) is 0. The molecular formula is C51H72N8O11. The van der Waals surface area contributed by atoms with Crippen LogP contribution >= 0.6 is 0 Å².